The van der Waals surface area contributed by atoms with Crippen LogP contribution < -0.4 is 10.6 Å². The van der Waals surface area contributed by atoms with E-state index in [0.29, 0.717) is 18.0 Å². The summed E-state index contributed by atoms with van der Waals surface area (Å²) in [5.74, 6) is 0.684. The summed E-state index contributed by atoms with van der Waals surface area (Å²) < 4.78 is 5.34. The van der Waals surface area contributed by atoms with Gasteiger partial charge in [-0.2, -0.15) is 0 Å². The highest BCUT2D eigenvalue weighted by Crippen LogP contribution is 2.41. The van der Waals surface area contributed by atoms with Crippen molar-refractivity contribution in [3.8, 4) is 0 Å². The number of nitrogens with one attached hydrogen (secondary N) is 2. The summed E-state index contributed by atoms with van der Waals surface area (Å²) in [6.45, 7) is 5.69. The third-order valence-corrected chi connectivity index (χ3v) is 4.92. The zero-order valence-corrected chi connectivity index (χ0v) is 15.0. The van der Waals surface area contributed by atoms with Crippen LogP contribution in [-0.2, 0) is 4.74 Å². The molecule has 1 aromatic rings. The molecule has 4 nitrogen and oxygen atoms in total. The van der Waals surface area contributed by atoms with E-state index in [1.165, 1.54) is 12.0 Å². The van der Waals surface area contributed by atoms with Crippen molar-refractivity contribution in [2.75, 3.05) is 0 Å². The molecule has 2 aliphatic rings. The first kappa shape index (κ1) is 17.3. The fourth-order valence-corrected chi connectivity index (χ4v) is 3.63. The lowest BCUT2D eigenvalue weighted by Crippen LogP contribution is -2.44. The van der Waals surface area contributed by atoms with Crippen molar-refractivity contribution in [2.24, 2.45) is 0 Å². The highest BCUT2D eigenvalue weighted by molar-refractivity contribution is 5.68. The lowest BCUT2D eigenvalue weighted by atomic mass is 9.91. The van der Waals surface area contributed by atoms with Crippen LogP contribution in [0.1, 0.15) is 64.4 Å². The van der Waals surface area contributed by atoms with Crippen LogP contribution in [0.2, 0.25) is 0 Å². The topological polar surface area (TPSA) is 50.4 Å². The smallest absolute Gasteiger partial charge is 0.407 e. The number of ether oxygens (including phenoxy) is 1. The monoisotopic (exact) mass is 330 g/mol. The summed E-state index contributed by atoms with van der Waals surface area (Å²) in [7, 11) is 0. The summed E-state index contributed by atoms with van der Waals surface area (Å²) in [5.41, 5.74) is 1.02. The molecule has 0 aliphatic heterocycles. The molecule has 132 valence electrons. The van der Waals surface area contributed by atoms with Gasteiger partial charge >= 0.3 is 6.09 Å². The van der Waals surface area contributed by atoms with Crippen LogP contribution in [0.4, 0.5) is 4.79 Å². The van der Waals surface area contributed by atoms with Gasteiger partial charge in [0.25, 0.3) is 0 Å². The molecule has 1 aromatic carbocycles. The average molecular weight is 330 g/mol. The van der Waals surface area contributed by atoms with E-state index in [9.17, 15) is 4.79 Å². The Morgan fingerprint density at radius 2 is 1.67 bits per heavy atom. The lowest BCUT2D eigenvalue weighted by molar-refractivity contribution is 0.0489. The molecule has 2 fully saturated rings. The Morgan fingerprint density at radius 3 is 2.29 bits per heavy atom. The zero-order chi connectivity index (χ0) is 17.2. The summed E-state index contributed by atoms with van der Waals surface area (Å²) in [6, 6.07) is 12.3. The highest BCUT2D eigenvalue weighted by atomic mass is 16.6. The maximum Gasteiger partial charge on any atom is 0.407 e. The lowest BCUT2D eigenvalue weighted by Gasteiger charge is -2.30. The molecule has 1 amide bonds. The first-order valence-corrected chi connectivity index (χ1v) is 9.21. The van der Waals surface area contributed by atoms with Gasteiger partial charge in [0.1, 0.15) is 5.60 Å². The quantitative estimate of drug-likeness (QED) is 0.878. The third-order valence-electron chi connectivity index (χ3n) is 4.92. The average Bonchev–Trinajstić information content (AvgIpc) is 3.27. The molecule has 0 spiro atoms. The standard InChI is InChI=1S/C20H30N2O2/c1-20(2,3)24-19(23)22-16-11-9-15(10-12-16)21-18-13-17(18)14-7-5-4-6-8-14/h4-8,15-18,21H,9-13H2,1-3H3,(H,22,23)/t15?,16?,17-,18+/m0/s1. The van der Waals surface area contributed by atoms with Crippen molar-refractivity contribution in [1.29, 1.82) is 0 Å². The fraction of sp³-hybridized carbons (Fsp3) is 0.650. The molecule has 0 radical (unpaired) electrons. The number of alkyl carbamates (subject to hydrolysis) is 1. The Hall–Kier alpha value is -1.55. The predicted octanol–water partition coefficient (Wildman–Crippen LogP) is 3.97. The first-order chi connectivity index (χ1) is 11.4. The van der Waals surface area contributed by atoms with Crippen LogP contribution in [0.5, 0.6) is 0 Å². The molecule has 4 heteroatoms. The summed E-state index contributed by atoms with van der Waals surface area (Å²) in [6.07, 6.45) is 5.27. The van der Waals surface area contributed by atoms with E-state index >= 15 is 0 Å². The Bertz CT molecular complexity index is 545. The van der Waals surface area contributed by atoms with Crippen molar-refractivity contribution in [1.82, 2.24) is 10.6 Å². The third kappa shape index (κ3) is 4.97. The van der Waals surface area contributed by atoms with E-state index < -0.39 is 5.60 Å². The molecule has 0 aromatic heterocycles. The molecule has 3 rings (SSSR count). The Balaban J connectivity index is 1.37. The molecule has 0 unspecified atom stereocenters. The maximum absolute atomic E-state index is 11.8. The minimum Gasteiger partial charge on any atom is -0.444 e. The van der Waals surface area contributed by atoms with Crippen LogP contribution in [0, 0.1) is 0 Å². The number of hydrogen-bond acceptors (Lipinski definition) is 3. The second-order valence-corrected chi connectivity index (χ2v) is 8.22. The molecule has 0 saturated heterocycles. The molecular formula is C20H30N2O2. The number of rotatable bonds is 4. The number of amides is 1. The van der Waals surface area contributed by atoms with Crippen LogP contribution in [-0.4, -0.2) is 29.8 Å². The van der Waals surface area contributed by atoms with Gasteiger partial charge in [0.15, 0.2) is 0 Å². The molecule has 0 bridgehead atoms. The van der Waals surface area contributed by atoms with Gasteiger partial charge in [-0.15, -0.1) is 0 Å². The Morgan fingerprint density at radius 1 is 1.04 bits per heavy atom. The predicted molar refractivity (Wildman–Crippen MR) is 96.1 cm³/mol. The molecule has 2 atom stereocenters. The van der Waals surface area contributed by atoms with Crippen LogP contribution >= 0.6 is 0 Å². The molecule has 24 heavy (non-hydrogen) atoms. The van der Waals surface area contributed by atoms with Crippen LogP contribution in [0.25, 0.3) is 0 Å². The molecule has 2 N–H and O–H groups in total. The van der Waals surface area contributed by atoms with Gasteiger partial charge in [0.05, 0.1) is 0 Å². The van der Waals surface area contributed by atoms with E-state index in [1.54, 1.807) is 0 Å². The SMILES string of the molecule is CC(C)(C)OC(=O)NC1CCC(N[C@@H]2C[C@H]2c2ccccc2)CC1. The zero-order valence-electron chi connectivity index (χ0n) is 15.0. The van der Waals surface area contributed by atoms with Gasteiger partial charge in [-0.1, -0.05) is 30.3 Å². The minimum absolute atomic E-state index is 0.252. The highest BCUT2D eigenvalue weighted by Gasteiger charge is 2.39. The van der Waals surface area contributed by atoms with Gasteiger partial charge in [-0.25, -0.2) is 4.79 Å². The van der Waals surface area contributed by atoms with E-state index in [2.05, 4.69) is 41.0 Å². The van der Waals surface area contributed by atoms with Gasteiger partial charge < -0.3 is 15.4 Å². The van der Waals surface area contributed by atoms with Crippen molar-refractivity contribution in [3.05, 3.63) is 35.9 Å². The molecule has 2 saturated carbocycles. The summed E-state index contributed by atoms with van der Waals surface area (Å²) in [4.78, 5) is 11.8. The second-order valence-electron chi connectivity index (χ2n) is 8.22. The largest absolute Gasteiger partial charge is 0.444 e. The van der Waals surface area contributed by atoms with Gasteiger partial charge in [-0.05, 0) is 58.4 Å². The first-order valence-electron chi connectivity index (χ1n) is 9.21. The van der Waals surface area contributed by atoms with Crippen molar-refractivity contribution in [2.45, 2.75) is 82.5 Å². The van der Waals surface area contributed by atoms with Gasteiger partial charge in [0.2, 0.25) is 0 Å². The number of benzene rings is 1. The van der Waals surface area contributed by atoms with E-state index in [-0.39, 0.29) is 12.1 Å². The minimum atomic E-state index is -0.429. The second kappa shape index (κ2) is 7.14. The van der Waals surface area contributed by atoms with Crippen LogP contribution in [0.15, 0.2) is 30.3 Å². The van der Waals surface area contributed by atoms with Crippen molar-refractivity contribution >= 4 is 6.09 Å². The maximum atomic E-state index is 11.8. The van der Waals surface area contributed by atoms with Crippen LogP contribution in [0.3, 0.4) is 0 Å². The summed E-state index contributed by atoms with van der Waals surface area (Å²) in [5, 5.41) is 6.82. The number of carbonyl (C=O) groups is 1. The van der Waals surface area contributed by atoms with Gasteiger partial charge in [-0.3, -0.25) is 0 Å². The van der Waals surface area contributed by atoms with E-state index in [0.717, 1.165) is 25.7 Å². The normalized spacial score (nSPS) is 29.8. The molecule has 0 heterocycles. The Labute approximate surface area is 145 Å². The van der Waals surface area contributed by atoms with Crippen molar-refractivity contribution < 1.29 is 9.53 Å². The molecule has 2 aliphatic carbocycles. The van der Waals surface area contributed by atoms with E-state index in [4.69, 9.17) is 4.74 Å². The fourth-order valence-electron chi connectivity index (χ4n) is 3.63. The summed E-state index contributed by atoms with van der Waals surface area (Å²) >= 11 is 0. The van der Waals surface area contributed by atoms with Crippen molar-refractivity contribution in [3.63, 3.8) is 0 Å². The number of carbonyl (C=O) groups excluding carboxylic acids is 1. The van der Waals surface area contributed by atoms with E-state index in [1.807, 2.05) is 20.8 Å². The van der Waals surface area contributed by atoms with Gasteiger partial charge in [0, 0.05) is 24.0 Å². The Kier molecular flexibility index (Phi) is 5.14. The molecular weight excluding hydrogens is 300 g/mol. The number of hydrogen-bond donors (Lipinski definition) is 2.